The number of nitrogens with zero attached hydrogens (tertiary/aromatic N) is 2. The molecule has 8 heteroatoms. The van der Waals surface area contributed by atoms with Gasteiger partial charge in [-0.2, -0.15) is 0 Å². The van der Waals surface area contributed by atoms with Crippen LogP contribution in [0.2, 0.25) is 0 Å². The van der Waals surface area contributed by atoms with Gasteiger partial charge < -0.3 is 19.2 Å². The van der Waals surface area contributed by atoms with Crippen molar-refractivity contribution in [2.75, 3.05) is 19.8 Å². The summed E-state index contributed by atoms with van der Waals surface area (Å²) in [7, 11) is 0. The van der Waals surface area contributed by atoms with Gasteiger partial charge in [0.25, 0.3) is 0 Å². The number of morpholine rings is 1. The highest BCUT2D eigenvalue weighted by atomic mass is 19.1. The Bertz CT molecular complexity index is 759. The summed E-state index contributed by atoms with van der Waals surface area (Å²) in [4.78, 5) is 29.2. The highest BCUT2D eigenvalue weighted by Gasteiger charge is 2.29. The summed E-state index contributed by atoms with van der Waals surface area (Å²) in [6.45, 7) is 0.929. The minimum absolute atomic E-state index is 0.000807. The molecule has 3 rings (SSSR count). The van der Waals surface area contributed by atoms with Crippen LogP contribution >= 0.6 is 0 Å². The van der Waals surface area contributed by atoms with Crippen LogP contribution in [0.4, 0.5) is 4.39 Å². The lowest BCUT2D eigenvalue weighted by Gasteiger charge is -2.34. The fourth-order valence-electron chi connectivity index (χ4n) is 2.72. The van der Waals surface area contributed by atoms with Gasteiger partial charge >= 0.3 is 5.97 Å². The van der Waals surface area contributed by atoms with Crippen molar-refractivity contribution in [2.24, 2.45) is 0 Å². The number of amides is 1. The zero-order valence-electron chi connectivity index (χ0n) is 13.4. The second-order valence-electron chi connectivity index (χ2n) is 5.74. The average molecular weight is 348 g/mol. The molecule has 0 bridgehead atoms. The molecule has 1 aliphatic rings. The number of aromatic nitrogens is 1. The van der Waals surface area contributed by atoms with Gasteiger partial charge in [0, 0.05) is 12.1 Å². The highest BCUT2D eigenvalue weighted by Crippen LogP contribution is 2.20. The summed E-state index contributed by atoms with van der Waals surface area (Å²) >= 11 is 0. The standard InChI is InChI=1S/C17H17FN2O5/c18-12-3-1-11(2-4-12)17-19-13(9-25-17)7-15(21)20-5-6-24-10-14(20)8-16(22)23/h1-4,9,14H,5-8,10H2,(H,22,23). The molecule has 1 aliphatic heterocycles. The number of carbonyl (C=O) groups is 2. The first kappa shape index (κ1) is 17.1. The van der Waals surface area contributed by atoms with Crippen molar-refractivity contribution in [1.29, 1.82) is 0 Å². The maximum atomic E-state index is 13.0. The Labute approximate surface area is 143 Å². The molecule has 0 saturated carbocycles. The first-order valence-electron chi connectivity index (χ1n) is 7.82. The van der Waals surface area contributed by atoms with Crippen molar-refractivity contribution in [3.63, 3.8) is 0 Å². The first-order valence-corrected chi connectivity index (χ1v) is 7.82. The third kappa shape index (κ3) is 4.21. The fraction of sp³-hybridized carbons (Fsp3) is 0.353. The lowest BCUT2D eigenvalue weighted by molar-refractivity contribution is -0.145. The average Bonchev–Trinajstić information content (AvgIpc) is 3.04. The lowest BCUT2D eigenvalue weighted by atomic mass is 10.1. The van der Waals surface area contributed by atoms with E-state index in [1.807, 2.05) is 0 Å². The zero-order valence-corrected chi connectivity index (χ0v) is 13.4. The van der Waals surface area contributed by atoms with Crippen LogP contribution in [-0.2, 0) is 20.7 Å². The van der Waals surface area contributed by atoms with E-state index in [-0.39, 0.29) is 31.2 Å². The van der Waals surface area contributed by atoms with Crippen molar-refractivity contribution >= 4 is 11.9 Å². The molecule has 25 heavy (non-hydrogen) atoms. The Morgan fingerprint density at radius 3 is 2.80 bits per heavy atom. The molecule has 0 spiro atoms. The van der Waals surface area contributed by atoms with Gasteiger partial charge in [0.05, 0.1) is 37.8 Å². The minimum Gasteiger partial charge on any atom is -0.481 e. The number of carboxylic acid groups (broad SMARTS) is 1. The number of benzene rings is 1. The number of oxazole rings is 1. The fourth-order valence-corrected chi connectivity index (χ4v) is 2.72. The number of halogens is 1. The number of aliphatic carboxylic acids is 1. The molecule has 2 heterocycles. The molecule has 0 radical (unpaired) electrons. The van der Waals surface area contributed by atoms with Gasteiger partial charge in [-0.1, -0.05) is 0 Å². The Morgan fingerprint density at radius 1 is 1.32 bits per heavy atom. The summed E-state index contributed by atoms with van der Waals surface area (Å²) in [6.07, 6.45) is 1.22. The number of hydrogen-bond donors (Lipinski definition) is 1. The van der Waals surface area contributed by atoms with Crippen LogP contribution in [0, 0.1) is 5.82 Å². The number of carboxylic acids is 1. The highest BCUT2D eigenvalue weighted by molar-refractivity contribution is 5.79. The molecule has 1 amide bonds. The quantitative estimate of drug-likeness (QED) is 0.884. The molecule has 1 aromatic heterocycles. The van der Waals surface area contributed by atoms with Crippen molar-refractivity contribution < 1.29 is 28.2 Å². The van der Waals surface area contributed by atoms with Gasteiger partial charge in [0.2, 0.25) is 11.8 Å². The Hall–Kier alpha value is -2.74. The Balaban J connectivity index is 1.68. The van der Waals surface area contributed by atoms with Gasteiger partial charge in [0.15, 0.2) is 0 Å². The van der Waals surface area contributed by atoms with Crippen LogP contribution in [0.5, 0.6) is 0 Å². The molecule has 1 saturated heterocycles. The third-order valence-corrected chi connectivity index (χ3v) is 3.93. The monoisotopic (exact) mass is 348 g/mol. The number of carbonyl (C=O) groups excluding carboxylic acids is 1. The maximum absolute atomic E-state index is 13.0. The summed E-state index contributed by atoms with van der Waals surface area (Å²) in [5.74, 6) is -1.27. The SMILES string of the molecule is O=C(O)CC1COCCN1C(=O)Cc1coc(-c2ccc(F)cc2)n1. The molecular weight excluding hydrogens is 331 g/mol. The summed E-state index contributed by atoms with van der Waals surface area (Å²) < 4.78 is 23.6. The smallest absolute Gasteiger partial charge is 0.305 e. The summed E-state index contributed by atoms with van der Waals surface area (Å²) in [6, 6.07) is 5.19. The predicted molar refractivity (Wildman–Crippen MR) is 84.2 cm³/mol. The van der Waals surface area contributed by atoms with Crippen LogP contribution < -0.4 is 0 Å². The van der Waals surface area contributed by atoms with E-state index in [2.05, 4.69) is 4.98 Å². The van der Waals surface area contributed by atoms with E-state index in [1.54, 1.807) is 0 Å². The summed E-state index contributed by atoms with van der Waals surface area (Å²) in [5, 5.41) is 8.96. The molecule has 1 atom stereocenters. The minimum atomic E-state index is -0.978. The number of hydrogen-bond acceptors (Lipinski definition) is 5. The zero-order chi connectivity index (χ0) is 17.8. The normalized spacial score (nSPS) is 17.5. The van der Waals surface area contributed by atoms with Crippen LogP contribution in [0.3, 0.4) is 0 Å². The predicted octanol–water partition coefficient (Wildman–Crippen LogP) is 1.73. The van der Waals surface area contributed by atoms with Crippen LogP contribution in [-0.4, -0.2) is 52.7 Å². The van der Waals surface area contributed by atoms with E-state index >= 15 is 0 Å². The molecule has 0 aliphatic carbocycles. The van der Waals surface area contributed by atoms with Gasteiger partial charge in [-0.15, -0.1) is 0 Å². The topological polar surface area (TPSA) is 92.9 Å². The van der Waals surface area contributed by atoms with Gasteiger partial charge in [-0.25, -0.2) is 9.37 Å². The molecular formula is C17H17FN2O5. The summed E-state index contributed by atoms with van der Waals surface area (Å²) in [5.41, 5.74) is 1.04. The van der Waals surface area contributed by atoms with Gasteiger partial charge in [0.1, 0.15) is 12.1 Å². The number of ether oxygens (including phenoxy) is 1. The van der Waals surface area contributed by atoms with Crippen LogP contribution in [0.25, 0.3) is 11.5 Å². The largest absolute Gasteiger partial charge is 0.481 e. The van der Waals surface area contributed by atoms with Crippen molar-refractivity contribution in [1.82, 2.24) is 9.88 Å². The maximum Gasteiger partial charge on any atom is 0.305 e. The Kier molecular flexibility index (Phi) is 5.08. The molecule has 7 nitrogen and oxygen atoms in total. The van der Waals surface area contributed by atoms with Crippen LogP contribution in [0.15, 0.2) is 34.9 Å². The number of rotatable bonds is 5. The second kappa shape index (κ2) is 7.43. The second-order valence-corrected chi connectivity index (χ2v) is 5.74. The van der Waals surface area contributed by atoms with E-state index in [4.69, 9.17) is 14.3 Å². The van der Waals surface area contributed by atoms with Crippen LogP contribution in [0.1, 0.15) is 12.1 Å². The third-order valence-electron chi connectivity index (χ3n) is 3.93. The van der Waals surface area contributed by atoms with Gasteiger partial charge in [-0.3, -0.25) is 9.59 Å². The molecule has 1 aromatic carbocycles. The Morgan fingerprint density at radius 2 is 2.08 bits per heavy atom. The lowest BCUT2D eigenvalue weighted by Crippen LogP contribution is -2.50. The molecule has 1 fully saturated rings. The molecule has 2 aromatic rings. The first-order chi connectivity index (χ1) is 12.0. The van der Waals surface area contributed by atoms with Crippen molar-refractivity contribution in [2.45, 2.75) is 18.9 Å². The van der Waals surface area contributed by atoms with Crippen molar-refractivity contribution in [3.8, 4) is 11.5 Å². The van der Waals surface area contributed by atoms with E-state index in [1.165, 1.54) is 35.4 Å². The molecule has 1 N–H and O–H groups in total. The van der Waals surface area contributed by atoms with E-state index < -0.39 is 12.0 Å². The molecule has 132 valence electrons. The van der Waals surface area contributed by atoms with Crippen molar-refractivity contribution in [3.05, 3.63) is 42.0 Å². The van der Waals surface area contributed by atoms with Gasteiger partial charge in [-0.05, 0) is 24.3 Å². The van der Waals surface area contributed by atoms with E-state index in [9.17, 15) is 14.0 Å². The molecule has 1 unspecified atom stereocenters. The van der Waals surface area contributed by atoms with E-state index in [0.717, 1.165) is 0 Å². The van der Waals surface area contributed by atoms with E-state index in [0.29, 0.717) is 30.3 Å².